The van der Waals surface area contributed by atoms with Crippen molar-refractivity contribution in [3.8, 4) is 0 Å². The Bertz CT molecular complexity index is 1190. The van der Waals surface area contributed by atoms with E-state index in [0.717, 1.165) is 47.3 Å². The summed E-state index contributed by atoms with van der Waals surface area (Å²) < 4.78 is 7.50. The lowest BCUT2D eigenvalue weighted by atomic mass is 10.0. The molecule has 1 atom stereocenters. The molecule has 8 heteroatoms. The molecule has 0 unspecified atom stereocenters. The molecule has 8 nitrogen and oxygen atoms in total. The third-order valence-electron chi connectivity index (χ3n) is 5.35. The quantitative estimate of drug-likeness (QED) is 0.543. The second kappa shape index (κ2) is 7.29. The molecular formula is C21H22N6O2. The zero-order chi connectivity index (χ0) is 19.8. The van der Waals surface area contributed by atoms with Crippen molar-refractivity contribution in [3.63, 3.8) is 0 Å². The van der Waals surface area contributed by atoms with E-state index in [1.807, 2.05) is 29.8 Å². The number of benzene rings is 1. The molecule has 1 aliphatic heterocycles. The first kappa shape index (κ1) is 17.8. The van der Waals surface area contributed by atoms with Crippen LogP contribution in [-0.2, 0) is 6.54 Å². The van der Waals surface area contributed by atoms with Crippen LogP contribution in [0.2, 0.25) is 0 Å². The normalized spacial score (nSPS) is 16.7. The van der Waals surface area contributed by atoms with E-state index < -0.39 is 0 Å². The van der Waals surface area contributed by atoms with E-state index in [2.05, 4.69) is 20.6 Å². The molecule has 2 N–H and O–H groups in total. The first-order chi connectivity index (χ1) is 14.2. The van der Waals surface area contributed by atoms with Gasteiger partial charge in [-0.2, -0.15) is 5.10 Å². The van der Waals surface area contributed by atoms with Crippen LogP contribution in [0.5, 0.6) is 0 Å². The molecule has 1 amide bonds. The number of carbonyl (C=O) groups excluding carboxylic acids is 1. The Hall–Kier alpha value is -3.26. The van der Waals surface area contributed by atoms with Crippen molar-refractivity contribution in [2.24, 2.45) is 0 Å². The van der Waals surface area contributed by atoms with Crippen molar-refractivity contribution in [1.29, 1.82) is 0 Å². The predicted molar refractivity (Wildman–Crippen MR) is 109 cm³/mol. The van der Waals surface area contributed by atoms with Crippen LogP contribution in [0.25, 0.3) is 22.1 Å². The van der Waals surface area contributed by atoms with E-state index >= 15 is 0 Å². The van der Waals surface area contributed by atoms with Crippen LogP contribution in [0.15, 0.2) is 41.1 Å². The van der Waals surface area contributed by atoms with Gasteiger partial charge in [-0.05, 0) is 38.1 Å². The topological polar surface area (TPSA) is 97.9 Å². The highest BCUT2D eigenvalue weighted by atomic mass is 16.3. The maximum Gasteiger partial charge on any atom is 0.287 e. The largest absolute Gasteiger partial charge is 0.451 e. The number of rotatable bonds is 5. The van der Waals surface area contributed by atoms with Crippen molar-refractivity contribution in [1.82, 2.24) is 30.4 Å². The van der Waals surface area contributed by atoms with Gasteiger partial charge in [0.1, 0.15) is 11.1 Å². The van der Waals surface area contributed by atoms with Crippen LogP contribution < -0.4 is 10.6 Å². The van der Waals surface area contributed by atoms with Crippen molar-refractivity contribution in [2.75, 3.05) is 19.6 Å². The molecule has 3 aromatic heterocycles. The zero-order valence-electron chi connectivity index (χ0n) is 16.2. The van der Waals surface area contributed by atoms with Gasteiger partial charge in [-0.1, -0.05) is 11.6 Å². The Kier molecular flexibility index (Phi) is 4.48. The number of furan rings is 1. The molecule has 1 aromatic carbocycles. The van der Waals surface area contributed by atoms with E-state index in [-0.39, 0.29) is 5.91 Å². The Labute approximate surface area is 167 Å². The van der Waals surface area contributed by atoms with Crippen LogP contribution in [0.4, 0.5) is 0 Å². The Morgan fingerprint density at radius 2 is 2.21 bits per heavy atom. The van der Waals surface area contributed by atoms with E-state index in [4.69, 9.17) is 9.52 Å². The third kappa shape index (κ3) is 3.36. The van der Waals surface area contributed by atoms with Crippen LogP contribution in [0.1, 0.15) is 34.2 Å². The number of aromatic nitrogens is 4. The summed E-state index contributed by atoms with van der Waals surface area (Å²) in [5.74, 6) is 0.430. The average molecular weight is 390 g/mol. The molecule has 0 aliphatic carbocycles. The van der Waals surface area contributed by atoms with Crippen molar-refractivity contribution >= 4 is 28.0 Å². The fourth-order valence-corrected chi connectivity index (χ4v) is 3.88. The number of fused-ring (bicyclic) bond motifs is 2. The van der Waals surface area contributed by atoms with Gasteiger partial charge in [0.2, 0.25) is 0 Å². The highest BCUT2D eigenvalue weighted by Crippen LogP contribution is 2.26. The number of aryl methyl sites for hydroxylation is 1. The molecule has 4 aromatic rings. The molecular weight excluding hydrogens is 368 g/mol. The van der Waals surface area contributed by atoms with Crippen LogP contribution in [0.3, 0.4) is 0 Å². The summed E-state index contributed by atoms with van der Waals surface area (Å²) in [6.07, 6.45) is 4.42. The molecule has 1 fully saturated rings. The lowest BCUT2D eigenvalue weighted by Crippen LogP contribution is -2.27. The summed E-state index contributed by atoms with van der Waals surface area (Å²) in [5.41, 5.74) is 4.43. The van der Waals surface area contributed by atoms with Gasteiger partial charge in [0.05, 0.1) is 12.2 Å². The van der Waals surface area contributed by atoms with Crippen LogP contribution in [-0.4, -0.2) is 45.3 Å². The molecule has 0 bridgehead atoms. The van der Waals surface area contributed by atoms with Gasteiger partial charge in [-0.15, -0.1) is 0 Å². The zero-order valence-corrected chi connectivity index (χ0v) is 16.2. The summed E-state index contributed by atoms with van der Waals surface area (Å²) in [7, 11) is 0. The smallest absolute Gasteiger partial charge is 0.287 e. The minimum Gasteiger partial charge on any atom is -0.451 e. The second-order valence-corrected chi connectivity index (χ2v) is 7.43. The minimum absolute atomic E-state index is 0.235. The van der Waals surface area contributed by atoms with Crippen molar-refractivity contribution in [3.05, 3.63) is 53.7 Å². The molecule has 148 valence electrons. The summed E-state index contributed by atoms with van der Waals surface area (Å²) >= 11 is 0. The highest BCUT2D eigenvalue weighted by Gasteiger charge is 2.24. The molecule has 29 heavy (non-hydrogen) atoms. The SMILES string of the molecule is Cc1ccc2oc(C(=O)NCCn3nc([C@@H]4CCNC4)c4nccnc43)cc2c1. The van der Waals surface area contributed by atoms with Gasteiger partial charge in [-0.3, -0.25) is 4.79 Å². The molecule has 1 saturated heterocycles. The fourth-order valence-electron chi connectivity index (χ4n) is 3.88. The summed E-state index contributed by atoms with van der Waals surface area (Å²) in [6.45, 7) is 4.85. The number of carbonyl (C=O) groups is 1. The molecule has 1 aliphatic rings. The molecule has 4 heterocycles. The van der Waals surface area contributed by atoms with Crippen LogP contribution >= 0.6 is 0 Å². The highest BCUT2D eigenvalue weighted by molar-refractivity contribution is 5.96. The maximum atomic E-state index is 12.5. The molecule has 0 radical (unpaired) electrons. The monoisotopic (exact) mass is 390 g/mol. The second-order valence-electron chi connectivity index (χ2n) is 7.43. The molecule has 5 rings (SSSR count). The van der Waals surface area contributed by atoms with Crippen molar-refractivity contribution < 1.29 is 9.21 Å². The number of nitrogens with zero attached hydrogens (tertiary/aromatic N) is 4. The number of amides is 1. The van der Waals surface area contributed by atoms with Crippen molar-refractivity contribution in [2.45, 2.75) is 25.8 Å². The van der Waals surface area contributed by atoms with Gasteiger partial charge in [0.25, 0.3) is 5.91 Å². The lowest BCUT2D eigenvalue weighted by molar-refractivity contribution is 0.0926. The van der Waals surface area contributed by atoms with E-state index in [9.17, 15) is 4.79 Å². The molecule has 0 saturated carbocycles. The first-order valence-corrected chi connectivity index (χ1v) is 9.85. The van der Waals surface area contributed by atoms with Gasteiger partial charge in [0, 0.05) is 36.8 Å². The number of hydrogen-bond acceptors (Lipinski definition) is 6. The average Bonchev–Trinajstić information content (AvgIpc) is 3.46. The van der Waals surface area contributed by atoms with Gasteiger partial charge in [0.15, 0.2) is 11.4 Å². The Morgan fingerprint density at radius 1 is 1.31 bits per heavy atom. The predicted octanol–water partition coefficient (Wildman–Crippen LogP) is 2.39. The van der Waals surface area contributed by atoms with E-state index in [1.54, 1.807) is 18.5 Å². The fraction of sp³-hybridized carbons (Fsp3) is 0.333. The van der Waals surface area contributed by atoms with Gasteiger partial charge < -0.3 is 15.1 Å². The third-order valence-corrected chi connectivity index (χ3v) is 5.35. The van der Waals surface area contributed by atoms with Crippen LogP contribution in [0, 0.1) is 6.92 Å². The number of hydrogen-bond donors (Lipinski definition) is 2. The van der Waals surface area contributed by atoms with E-state index in [0.29, 0.717) is 30.4 Å². The molecule has 0 spiro atoms. The summed E-state index contributed by atoms with van der Waals surface area (Å²) in [5, 5.41) is 12.0. The summed E-state index contributed by atoms with van der Waals surface area (Å²) in [4.78, 5) is 21.4. The Morgan fingerprint density at radius 3 is 3.07 bits per heavy atom. The number of nitrogens with one attached hydrogen (secondary N) is 2. The maximum absolute atomic E-state index is 12.5. The first-order valence-electron chi connectivity index (χ1n) is 9.85. The van der Waals surface area contributed by atoms with Gasteiger partial charge in [-0.25, -0.2) is 14.6 Å². The lowest BCUT2D eigenvalue weighted by Gasteiger charge is -2.05. The van der Waals surface area contributed by atoms with E-state index in [1.165, 1.54) is 0 Å². The van der Waals surface area contributed by atoms with Gasteiger partial charge >= 0.3 is 0 Å². The Balaban J connectivity index is 1.31. The minimum atomic E-state index is -0.235. The standard InChI is InChI=1S/C21H22N6O2/c1-13-2-3-16-15(10-13)11-17(29-16)21(28)25-8-9-27-20-19(23-6-7-24-20)18(26-27)14-4-5-22-12-14/h2-3,6-7,10-11,14,22H,4-5,8-9,12H2,1H3,(H,25,28)/t14-/m1/s1. The summed E-state index contributed by atoms with van der Waals surface area (Å²) in [6, 6.07) is 7.63.